The fraction of sp³-hybridized carbons (Fsp3) is 0.273. The van der Waals surface area contributed by atoms with Gasteiger partial charge in [0.2, 0.25) is 0 Å². The number of aromatic nitrogens is 2. The van der Waals surface area contributed by atoms with Crippen molar-refractivity contribution in [2.24, 2.45) is 0 Å². The van der Waals surface area contributed by atoms with Crippen molar-refractivity contribution in [1.82, 2.24) is 15.1 Å². The zero-order valence-corrected chi connectivity index (χ0v) is 15.9. The Morgan fingerprint density at radius 1 is 1.11 bits per heavy atom. The van der Waals surface area contributed by atoms with Gasteiger partial charge >= 0.3 is 0 Å². The first-order valence-corrected chi connectivity index (χ1v) is 9.54. The standard InChI is InChI=1S/C22H24N4O2/c1-28-20-10-6-16(7-11-20)21-18(15-24-25-21)14-23-19-8-4-17(5-9-19)22(27)26-12-2-3-13-26/h4-11,15,23H,2-3,12-14H2,1H3,(H,24,25). The lowest BCUT2D eigenvalue weighted by atomic mass is 10.1. The van der Waals surface area contributed by atoms with Crippen LogP contribution in [0.2, 0.25) is 0 Å². The third-order valence-corrected chi connectivity index (χ3v) is 5.10. The molecule has 0 bridgehead atoms. The number of nitrogens with one attached hydrogen (secondary N) is 2. The minimum atomic E-state index is 0.126. The zero-order chi connectivity index (χ0) is 19.3. The third-order valence-electron chi connectivity index (χ3n) is 5.10. The Labute approximate surface area is 164 Å². The Morgan fingerprint density at radius 3 is 2.50 bits per heavy atom. The smallest absolute Gasteiger partial charge is 0.253 e. The van der Waals surface area contributed by atoms with Gasteiger partial charge in [0.25, 0.3) is 5.91 Å². The molecule has 1 aliphatic heterocycles. The summed E-state index contributed by atoms with van der Waals surface area (Å²) >= 11 is 0. The van der Waals surface area contributed by atoms with E-state index in [1.165, 1.54) is 0 Å². The van der Waals surface area contributed by atoms with E-state index in [0.29, 0.717) is 6.54 Å². The second-order valence-electron chi connectivity index (χ2n) is 6.93. The molecule has 2 heterocycles. The number of hydrogen-bond acceptors (Lipinski definition) is 4. The van der Waals surface area contributed by atoms with E-state index >= 15 is 0 Å². The van der Waals surface area contributed by atoms with E-state index in [-0.39, 0.29) is 5.91 Å². The highest BCUT2D eigenvalue weighted by atomic mass is 16.5. The number of aromatic amines is 1. The number of carbonyl (C=O) groups is 1. The van der Waals surface area contributed by atoms with E-state index in [1.807, 2.05) is 59.6 Å². The number of ether oxygens (including phenoxy) is 1. The molecule has 1 amide bonds. The molecule has 1 aliphatic rings. The van der Waals surface area contributed by atoms with Gasteiger partial charge in [0, 0.05) is 42.0 Å². The molecular weight excluding hydrogens is 352 g/mol. The summed E-state index contributed by atoms with van der Waals surface area (Å²) in [6.45, 7) is 2.37. The molecule has 6 heteroatoms. The summed E-state index contributed by atoms with van der Waals surface area (Å²) in [6.07, 6.45) is 4.04. The van der Waals surface area contributed by atoms with Crippen molar-refractivity contribution in [2.75, 3.05) is 25.5 Å². The molecule has 0 radical (unpaired) electrons. The van der Waals surface area contributed by atoms with Crippen LogP contribution >= 0.6 is 0 Å². The average Bonchev–Trinajstić information content (AvgIpc) is 3.44. The summed E-state index contributed by atoms with van der Waals surface area (Å²) in [7, 11) is 1.66. The lowest BCUT2D eigenvalue weighted by molar-refractivity contribution is 0.0793. The van der Waals surface area contributed by atoms with E-state index in [1.54, 1.807) is 7.11 Å². The topological polar surface area (TPSA) is 70.2 Å². The van der Waals surface area contributed by atoms with Crippen molar-refractivity contribution in [2.45, 2.75) is 19.4 Å². The maximum atomic E-state index is 12.4. The first-order chi connectivity index (χ1) is 13.7. The number of rotatable bonds is 6. The van der Waals surface area contributed by atoms with Crippen molar-refractivity contribution in [3.8, 4) is 17.0 Å². The number of hydrogen-bond donors (Lipinski definition) is 2. The Bertz CT molecular complexity index is 926. The molecule has 28 heavy (non-hydrogen) atoms. The summed E-state index contributed by atoms with van der Waals surface area (Å²) in [6, 6.07) is 15.6. The SMILES string of the molecule is COc1ccc(-c2[nH]ncc2CNc2ccc(C(=O)N3CCCC3)cc2)cc1. The highest BCUT2D eigenvalue weighted by Gasteiger charge is 2.19. The number of methoxy groups -OCH3 is 1. The van der Waals surface area contributed by atoms with E-state index in [2.05, 4.69) is 15.5 Å². The van der Waals surface area contributed by atoms with Crippen LogP contribution in [-0.4, -0.2) is 41.2 Å². The molecule has 0 aliphatic carbocycles. The van der Waals surface area contributed by atoms with Gasteiger partial charge in [0.05, 0.1) is 19.0 Å². The molecule has 4 rings (SSSR count). The number of H-pyrrole nitrogens is 1. The summed E-state index contributed by atoms with van der Waals surface area (Å²) in [5.74, 6) is 0.951. The highest BCUT2D eigenvalue weighted by Crippen LogP contribution is 2.24. The van der Waals surface area contributed by atoms with Gasteiger partial charge in [-0.1, -0.05) is 0 Å². The third kappa shape index (κ3) is 3.86. The van der Waals surface area contributed by atoms with Crippen molar-refractivity contribution in [1.29, 1.82) is 0 Å². The molecule has 2 N–H and O–H groups in total. The van der Waals surface area contributed by atoms with Crippen LogP contribution in [0.5, 0.6) is 5.75 Å². The second kappa shape index (κ2) is 8.17. The van der Waals surface area contributed by atoms with Gasteiger partial charge in [0.1, 0.15) is 5.75 Å². The Hall–Kier alpha value is -3.28. The van der Waals surface area contributed by atoms with E-state index < -0.39 is 0 Å². The van der Waals surface area contributed by atoms with Crippen LogP contribution in [0.15, 0.2) is 54.7 Å². The lowest BCUT2D eigenvalue weighted by Gasteiger charge is -2.15. The number of anilines is 1. The molecule has 0 saturated carbocycles. The maximum absolute atomic E-state index is 12.4. The fourth-order valence-corrected chi connectivity index (χ4v) is 3.48. The van der Waals surface area contributed by atoms with Gasteiger partial charge in [-0.2, -0.15) is 5.10 Å². The molecule has 144 valence electrons. The van der Waals surface area contributed by atoms with Crippen LogP contribution in [-0.2, 0) is 6.54 Å². The van der Waals surface area contributed by atoms with Gasteiger partial charge in [-0.25, -0.2) is 0 Å². The molecule has 1 saturated heterocycles. The summed E-state index contributed by atoms with van der Waals surface area (Å²) in [4.78, 5) is 14.4. The Morgan fingerprint density at radius 2 is 1.82 bits per heavy atom. The first-order valence-electron chi connectivity index (χ1n) is 9.54. The average molecular weight is 376 g/mol. The van der Waals surface area contributed by atoms with E-state index in [9.17, 15) is 4.79 Å². The van der Waals surface area contributed by atoms with Crippen LogP contribution in [0.4, 0.5) is 5.69 Å². The predicted octanol–water partition coefficient (Wildman–Crippen LogP) is 3.93. The van der Waals surface area contributed by atoms with Gasteiger partial charge in [-0.3, -0.25) is 9.89 Å². The predicted molar refractivity (Wildman–Crippen MR) is 109 cm³/mol. The Balaban J connectivity index is 1.41. The largest absolute Gasteiger partial charge is 0.497 e. The number of likely N-dealkylation sites (tertiary alicyclic amines) is 1. The van der Waals surface area contributed by atoms with Crippen molar-refractivity contribution < 1.29 is 9.53 Å². The number of benzene rings is 2. The van der Waals surface area contributed by atoms with Crippen LogP contribution in [0.3, 0.4) is 0 Å². The zero-order valence-electron chi connectivity index (χ0n) is 15.9. The second-order valence-corrected chi connectivity index (χ2v) is 6.93. The highest BCUT2D eigenvalue weighted by molar-refractivity contribution is 5.94. The Kier molecular flexibility index (Phi) is 5.28. The minimum absolute atomic E-state index is 0.126. The molecule has 0 spiro atoms. The molecule has 2 aromatic carbocycles. The quantitative estimate of drug-likeness (QED) is 0.684. The number of carbonyl (C=O) groups excluding carboxylic acids is 1. The summed E-state index contributed by atoms with van der Waals surface area (Å²) in [5.41, 5.74) is 4.83. The normalized spacial score (nSPS) is 13.5. The molecule has 0 atom stereocenters. The molecule has 3 aromatic rings. The van der Waals surface area contributed by atoms with Crippen molar-refractivity contribution in [3.63, 3.8) is 0 Å². The molecule has 1 aromatic heterocycles. The van der Waals surface area contributed by atoms with Crippen LogP contribution in [0, 0.1) is 0 Å². The first kappa shape index (κ1) is 18.1. The van der Waals surface area contributed by atoms with Crippen molar-refractivity contribution >= 4 is 11.6 Å². The fourth-order valence-electron chi connectivity index (χ4n) is 3.48. The van der Waals surface area contributed by atoms with E-state index in [0.717, 1.165) is 59.8 Å². The van der Waals surface area contributed by atoms with Crippen LogP contribution < -0.4 is 10.1 Å². The van der Waals surface area contributed by atoms with Gasteiger partial charge < -0.3 is 15.0 Å². The summed E-state index contributed by atoms with van der Waals surface area (Å²) in [5, 5.41) is 10.7. The summed E-state index contributed by atoms with van der Waals surface area (Å²) < 4.78 is 5.22. The van der Waals surface area contributed by atoms with Crippen LogP contribution in [0.25, 0.3) is 11.3 Å². The van der Waals surface area contributed by atoms with Gasteiger partial charge in [0.15, 0.2) is 0 Å². The van der Waals surface area contributed by atoms with Crippen LogP contribution in [0.1, 0.15) is 28.8 Å². The molecule has 0 unspecified atom stereocenters. The minimum Gasteiger partial charge on any atom is -0.497 e. The van der Waals surface area contributed by atoms with Crippen molar-refractivity contribution in [3.05, 3.63) is 65.9 Å². The maximum Gasteiger partial charge on any atom is 0.253 e. The molecule has 1 fully saturated rings. The van der Waals surface area contributed by atoms with Gasteiger partial charge in [-0.15, -0.1) is 0 Å². The molecule has 6 nitrogen and oxygen atoms in total. The number of amides is 1. The number of nitrogens with zero attached hydrogens (tertiary/aromatic N) is 2. The lowest BCUT2D eigenvalue weighted by Crippen LogP contribution is -2.27. The van der Waals surface area contributed by atoms with E-state index in [4.69, 9.17) is 4.74 Å². The monoisotopic (exact) mass is 376 g/mol. The molecular formula is C22H24N4O2. The van der Waals surface area contributed by atoms with Gasteiger partial charge in [-0.05, 0) is 61.4 Å².